The second-order valence-corrected chi connectivity index (χ2v) is 4.98. The Labute approximate surface area is 97.7 Å². The van der Waals surface area contributed by atoms with Gasteiger partial charge in [-0.1, -0.05) is 13.0 Å². The van der Waals surface area contributed by atoms with E-state index in [0.717, 1.165) is 18.2 Å². The lowest BCUT2D eigenvalue weighted by atomic mass is 10.3. The van der Waals surface area contributed by atoms with Gasteiger partial charge in [0.1, 0.15) is 0 Å². The number of benzene rings is 1. The Balaban J connectivity index is 3.31. The molecule has 0 bridgehead atoms. The van der Waals surface area contributed by atoms with Crippen LogP contribution >= 0.6 is 0 Å². The lowest BCUT2D eigenvalue weighted by Gasteiger charge is -2.06. The van der Waals surface area contributed by atoms with Crippen LogP contribution in [0.3, 0.4) is 0 Å². The van der Waals surface area contributed by atoms with Gasteiger partial charge in [-0.2, -0.15) is 4.39 Å². The second-order valence-electron chi connectivity index (χ2n) is 3.24. The van der Waals surface area contributed by atoms with Gasteiger partial charge in [-0.25, -0.2) is 13.1 Å². The lowest BCUT2D eigenvalue weighted by molar-refractivity contribution is -0.390. The smallest absolute Gasteiger partial charge is 0.258 e. The Morgan fingerprint density at radius 3 is 2.65 bits per heavy atom. The maximum Gasteiger partial charge on any atom is 0.324 e. The molecule has 0 spiro atoms. The second kappa shape index (κ2) is 5.19. The summed E-state index contributed by atoms with van der Waals surface area (Å²) in [5.41, 5.74) is -1.03. The van der Waals surface area contributed by atoms with Gasteiger partial charge in [-0.15, -0.1) is 0 Å². The molecule has 0 unspecified atom stereocenters. The predicted molar refractivity (Wildman–Crippen MR) is 58.5 cm³/mol. The van der Waals surface area contributed by atoms with Crippen LogP contribution in [0.15, 0.2) is 23.1 Å². The number of nitro benzene ring substituents is 1. The van der Waals surface area contributed by atoms with Crippen molar-refractivity contribution in [3.63, 3.8) is 0 Å². The molecule has 17 heavy (non-hydrogen) atoms. The van der Waals surface area contributed by atoms with E-state index in [-0.39, 0.29) is 6.54 Å². The van der Waals surface area contributed by atoms with Crippen molar-refractivity contribution in [3.8, 4) is 0 Å². The highest BCUT2D eigenvalue weighted by atomic mass is 32.2. The average Bonchev–Trinajstić information content (AvgIpc) is 2.25. The normalized spacial score (nSPS) is 11.4. The van der Waals surface area contributed by atoms with Gasteiger partial charge in [0.05, 0.1) is 4.92 Å². The molecule has 1 aromatic rings. The zero-order valence-electron chi connectivity index (χ0n) is 9.01. The van der Waals surface area contributed by atoms with Crippen molar-refractivity contribution in [3.05, 3.63) is 34.1 Å². The Bertz CT molecular complexity index is 530. The van der Waals surface area contributed by atoms with Crippen molar-refractivity contribution in [2.24, 2.45) is 0 Å². The highest BCUT2D eigenvalue weighted by Gasteiger charge is 2.28. The third-order valence-electron chi connectivity index (χ3n) is 1.96. The molecular formula is C9H11FN2O4S. The van der Waals surface area contributed by atoms with E-state index in [1.165, 1.54) is 0 Å². The first-order chi connectivity index (χ1) is 7.90. The summed E-state index contributed by atoms with van der Waals surface area (Å²) in [6.07, 6.45) is 0.530. The molecule has 0 aromatic heterocycles. The van der Waals surface area contributed by atoms with E-state index in [2.05, 4.69) is 4.72 Å². The Morgan fingerprint density at radius 1 is 1.47 bits per heavy atom. The first-order valence-electron chi connectivity index (χ1n) is 4.82. The van der Waals surface area contributed by atoms with E-state index in [1.54, 1.807) is 6.92 Å². The molecule has 0 aliphatic carbocycles. The molecular weight excluding hydrogens is 251 g/mol. The number of para-hydroxylation sites is 1. The lowest BCUT2D eigenvalue weighted by Crippen LogP contribution is -2.25. The molecule has 0 amide bonds. The van der Waals surface area contributed by atoms with Crippen LogP contribution in [0.1, 0.15) is 13.3 Å². The molecule has 8 heteroatoms. The van der Waals surface area contributed by atoms with Gasteiger partial charge in [0, 0.05) is 6.54 Å². The molecule has 0 atom stereocenters. The zero-order valence-corrected chi connectivity index (χ0v) is 9.83. The van der Waals surface area contributed by atoms with Crippen molar-refractivity contribution in [1.82, 2.24) is 4.72 Å². The number of sulfonamides is 1. The third kappa shape index (κ3) is 2.98. The van der Waals surface area contributed by atoms with E-state index in [9.17, 15) is 22.9 Å². The highest BCUT2D eigenvalue weighted by Crippen LogP contribution is 2.26. The molecule has 0 fully saturated rings. The number of halogens is 1. The number of rotatable bonds is 5. The Kier molecular flexibility index (Phi) is 4.13. The molecule has 0 aliphatic heterocycles. The summed E-state index contributed by atoms with van der Waals surface area (Å²) in [6.45, 7) is 1.87. The number of nitrogens with one attached hydrogen (secondary N) is 1. The zero-order chi connectivity index (χ0) is 13.1. The van der Waals surface area contributed by atoms with Crippen LogP contribution in [-0.2, 0) is 10.0 Å². The van der Waals surface area contributed by atoms with Crippen LogP contribution in [0.4, 0.5) is 10.1 Å². The number of hydrogen-bond acceptors (Lipinski definition) is 4. The molecule has 1 N–H and O–H groups in total. The summed E-state index contributed by atoms with van der Waals surface area (Å²) in [7, 11) is -4.05. The fraction of sp³-hybridized carbons (Fsp3) is 0.333. The van der Waals surface area contributed by atoms with Crippen molar-refractivity contribution >= 4 is 15.7 Å². The summed E-state index contributed by atoms with van der Waals surface area (Å²) in [5.74, 6) is -1.17. The summed E-state index contributed by atoms with van der Waals surface area (Å²) in [5, 5.41) is 10.6. The van der Waals surface area contributed by atoms with Crippen molar-refractivity contribution in [1.29, 1.82) is 0 Å². The monoisotopic (exact) mass is 262 g/mol. The number of nitrogens with zero attached hydrogens (tertiary/aromatic N) is 1. The molecule has 6 nitrogen and oxygen atoms in total. The van der Waals surface area contributed by atoms with Crippen molar-refractivity contribution in [2.45, 2.75) is 18.2 Å². The maximum atomic E-state index is 13.2. The van der Waals surface area contributed by atoms with Crippen LogP contribution in [0.2, 0.25) is 0 Å². The van der Waals surface area contributed by atoms with Gasteiger partial charge in [0.15, 0.2) is 4.90 Å². The number of nitro groups is 1. The average molecular weight is 262 g/mol. The van der Waals surface area contributed by atoms with Gasteiger partial charge in [-0.05, 0) is 18.6 Å². The number of hydrogen-bond donors (Lipinski definition) is 1. The van der Waals surface area contributed by atoms with Gasteiger partial charge in [0.25, 0.3) is 0 Å². The fourth-order valence-corrected chi connectivity index (χ4v) is 2.52. The quantitative estimate of drug-likeness (QED) is 0.642. The van der Waals surface area contributed by atoms with E-state index in [0.29, 0.717) is 6.42 Å². The van der Waals surface area contributed by atoms with E-state index in [4.69, 9.17) is 0 Å². The predicted octanol–water partition coefficient (Wildman–Crippen LogP) is 1.42. The first-order valence-corrected chi connectivity index (χ1v) is 6.31. The Morgan fingerprint density at radius 2 is 2.12 bits per heavy atom. The molecule has 0 radical (unpaired) electrons. The van der Waals surface area contributed by atoms with Crippen LogP contribution in [0.25, 0.3) is 0 Å². The largest absolute Gasteiger partial charge is 0.324 e. The highest BCUT2D eigenvalue weighted by molar-refractivity contribution is 7.89. The van der Waals surface area contributed by atoms with Crippen LogP contribution < -0.4 is 4.72 Å². The minimum atomic E-state index is -4.05. The van der Waals surface area contributed by atoms with Crippen LogP contribution in [0.5, 0.6) is 0 Å². The van der Waals surface area contributed by atoms with Gasteiger partial charge in [-0.3, -0.25) is 10.1 Å². The van der Waals surface area contributed by atoms with Crippen LogP contribution in [0, 0.1) is 15.9 Å². The van der Waals surface area contributed by atoms with E-state index >= 15 is 0 Å². The summed E-state index contributed by atoms with van der Waals surface area (Å²) in [6, 6.07) is 2.96. The van der Waals surface area contributed by atoms with Gasteiger partial charge in [0.2, 0.25) is 15.8 Å². The Hall–Kier alpha value is -1.54. The summed E-state index contributed by atoms with van der Waals surface area (Å²) >= 11 is 0. The van der Waals surface area contributed by atoms with Crippen molar-refractivity contribution < 1.29 is 17.7 Å². The molecule has 0 saturated heterocycles. The standard InChI is InChI=1S/C9H11FN2O4S/c1-2-6-11-17(15,16)8-5-3-4-7(10)9(8)12(13)14/h3-5,11H,2,6H2,1H3. The summed E-state index contributed by atoms with van der Waals surface area (Å²) < 4.78 is 38.7. The van der Waals surface area contributed by atoms with E-state index in [1.807, 2.05) is 0 Å². The molecule has 0 saturated carbocycles. The molecule has 1 rings (SSSR count). The molecule has 1 aromatic carbocycles. The van der Waals surface area contributed by atoms with Gasteiger partial charge < -0.3 is 0 Å². The maximum absolute atomic E-state index is 13.2. The fourth-order valence-electron chi connectivity index (χ4n) is 1.20. The van der Waals surface area contributed by atoms with Crippen LogP contribution in [-0.4, -0.2) is 19.9 Å². The minimum absolute atomic E-state index is 0.135. The SMILES string of the molecule is CCCNS(=O)(=O)c1cccc(F)c1[N+](=O)[O-]. The van der Waals surface area contributed by atoms with Crippen molar-refractivity contribution in [2.75, 3.05) is 6.54 Å². The summed E-state index contributed by atoms with van der Waals surface area (Å²) in [4.78, 5) is 8.93. The topological polar surface area (TPSA) is 89.3 Å². The molecule has 0 aliphatic rings. The third-order valence-corrected chi connectivity index (χ3v) is 3.46. The minimum Gasteiger partial charge on any atom is -0.258 e. The molecule has 0 heterocycles. The van der Waals surface area contributed by atoms with Gasteiger partial charge >= 0.3 is 5.69 Å². The first kappa shape index (κ1) is 13.5. The molecule has 94 valence electrons. The van der Waals surface area contributed by atoms with E-state index < -0.39 is 31.3 Å².